The highest BCUT2D eigenvalue weighted by Crippen LogP contribution is 2.38. The minimum absolute atomic E-state index is 0.186. The van der Waals surface area contributed by atoms with E-state index in [1.54, 1.807) is 0 Å². The lowest BCUT2D eigenvalue weighted by Crippen LogP contribution is -2.26. The SMILES string of the molecule is Cc1ccc(C=N[C@H](c2ccc(Cl)cc2)[C@H](CC(=O)OC(C)(C)C)c2ccccc2)cc1. The zero-order chi connectivity index (χ0) is 23.1. The molecule has 2 atom stereocenters. The average molecular weight is 448 g/mol. The molecule has 0 bridgehead atoms. The molecule has 0 unspecified atom stereocenters. The smallest absolute Gasteiger partial charge is 0.307 e. The van der Waals surface area contributed by atoms with Crippen LogP contribution >= 0.6 is 11.6 Å². The lowest BCUT2D eigenvalue weighted by molar-refractivity contribution is -0.155. The Hall–Kier alpha value is -2.91. The number of esters is 1. The molecule has 0 aliphatic rings. The molecule has 0 N–H and O–H groups in total. The van der Waals surface area contributed by atoms with Gasteiger partial charge in [0.15, 0.2) is 0 Å². The first-order valence-corrected chi connectivity index (χ1v) is 11.2. The van der Waals surface area contributed by atoms with Crippen LogP contribution in [0.25, 0.3) is 0 Å². The molecule has 32 heavy (non-hydrogen) atoms. The standard InChI is InChI=1S/C28H30ClNO2/c1-20-10-12-21(13-11-20)19-30-27(23-14-16-24(29)17-15-23)25(22-8-6-5-7-9-22)18-26(31)32-28(2,3)4/h5-17,19,25,27H,18H2,1-4H3/t25-,27-/m1/s1. The Bertz CT molecular complexity index is 1040. The van der Waals surface area contributed by atoms with Crippen molar-refractivity contribution >= 4 is 23.8 Å². The fourth-order valence-electron chi connectivity index (χ4n) is 3.58. The Labute approximate surface area is 196 Å². The number of aryl methyl sites for hydroxylation is 1. The predicted octanol–water partition coefficient (Wildman–Crippen LogP) is 7.32. The van der Waals surface area contributed by atoms with Crippen LogP contribution in [0, 0.1) is 6.92 Å². The number of ether oxygens (including phenoxy) is 1. The van der Waals surface area contributed by atoms with Gasteiger partial charge in [0, 0.05) is 17.2 Å². The highest BCUT2D eigenvalue weighted by molar-refractivity contribution is 6.30. The maximum Gasteiger partial charge on any atom is 0.307 e. The number of hydrogen-bond acceptors (Lipinski definition) is 3. The Balaban J connectivity index is 2.02. The summed E-state index contributed by atoms with van der Waals surface area (Å²) < 4.78 is 5.66. The Morgan fingerprint density at radius 3 is 2.16 bits per heavy atom. The van der Waals surface area contributed by atoms with Gasteiger partial charge in [0.1, 0.15) is 5.60 Å². The first-order valence-electron chi connectivity index (χ1n) is 10.8. The van der Waals surface area contributed by atoms with Gasteiger partial charge in [-0.1, -0.05) is 83.9 Å². The summed E-state index contributed by atoms with van der Waals surface area (Å²) in [7, 11) is 0. The van der Waals surface area contributed by atoms with Crippen LogP contribution in [-0.2, 0) is 9.53 Å². The fourth-order valence-corrected chi connectivity index (χ4v) is 3.70. The first kappa shape index (κ1) is 23.7. The van der Waals surface area contributed by atoms with Gasteiger partial charge in [-0.15, -0.1) is 0 Å². The highest BCUT2D eigenvalue weighted by atomic mass is 35.5. The molecule has 0 fully saturated rings. The van der Waals surface area contributed by atoms with Gasteiger partial charge in [-0.3, -0.25) is 9.79 Å². The first-order chi connectivity index (χ1) is 15.2. The van der Waals surface area contributed by atoms with E-state index in [4.69, 9.17) is 21.3 Å². The molecule has 0 heterocycles. The molecule has 0 radical (unpaired) electrons. The average Bonchev–Trinajstić information content (AvgIpc) is 2.75. The topological polar surface area (TPSA) is 38.7 Å². The van der Waals surface area contributed by atoms with E-state index in [0.717, 1.165) is 16.7 Å². The molecular formula is C28H30ClNO2. The third-order valence-electron chi connectivity index (χ3n) is 5.09. The highest BCUT2D eigenvalue weighted by Gasteiger charge is 2.29. The summed E-state index contributed by atoms with van der Waals surface area (Å²) in [6.07, 6.45) is 2.10. The number of rotatable bonds is 7. The van der Waals surface area contributed by atoms with Gasteiger partial charge >= 0.3 is 5.97 Å². The van der Waals surface area contributed by atoms with E-state index >= 15 is 0 Å². The van der Waals surface area contributed by atoms with Crippen molar-refractivity contribution in [2.24, 2.45) is 4.99 Å². The van der Waals surface area contributed by atoms with E-state index in [9.17, 15) is 4.79 Å². The number of aliphatic imine (C=N–C) groups is 1. The van der Waals surface area contributed by atoms with Crippen molar-refractivity contribution in [2.75, 3.05) is 0 Å². The van der Waals surface area contributed by atoms with E-state index in [0.29, 0.717) is 5.02 Å². The minimum Gasteiger partial charge on any atom is -0.460 e. The number of hydrogen-bond donors (Lipinski definition) is 0. The normalized spacial score (nSPS) is 13.7. The Kier molecular flexibility index (Phi) is 7.87. The fraction of sp³-hybridized carbons (Fsp3) is 0.286. The lowest BCUT2D eigenvalue weighted by Gasteiger charge is -2.27. The van der Waals surface area contributed by atoms with Crippen LogP contribution in [0.1, 0.15) is 61.4 Å². The molecular weight excluding hydrogens is 418 g/mol. The lowest BCUT2D eigenvalue weighted by atomic mass is 9.85. The summed E-state index contributed by atoms with van der Waals surface area (Å²) >= 11 is 6.15. The maximum atomic E-state index is 12.8. The summed E-state index contributed by atoms with van der Waals surface area (Å²) in [4.78, 5) is 17.8. The molecule has 3 aromatic rings. The Morgan fingerprint density at radius 1 is 0.938 bits per heavy atom. The van der Waals surface area contributed by atoms with Crippen molar-refractivity contribution in [3.8, 4) is 0 Å². The monoisotopic (exact) mass is 447 g/mol. The molecule has 0 saturated heterocycles. The van der Waals surface area contributed by atoms with Gasteiger partial charge in [0.2, 0.25) is 0 Å². The summed E-state index contributed by atoms with van der Waals surface area (Å²) in [6, 6.07) is 25.6. The van der Waals surface area contributed by atoms with Crippen molar-refractivity contribution in [1.29, 1.82) is 0 Å². The van der Waals surface area contributed by atoms with Gasteiger partial charge < -0.3 is 4.74 Å². The molecule has 3 nitrogen and oxygen atoms in total. The van der Waals surface area contributed by atoms with E-state index in [2.05, 4.69) is 19.1 Å². The number of nitrogens with zero attached hydrogens (tertiary/aromatic N) is 1. The predicted molar refractivity (Wildman–Crippen MR) is 133 cm³/mol. The molecule has 166 valence electrons. The van der Waals surface area contributed by atoms with Gasteiger partial charge in [-0.25, -0.2) is 0 Å². The van der Waals surface area contributed by atoms with Crippen molar-refractivity contribution in [2.45, 2.75) is 51.7 Å². The summed E-state index contributed by atoms with van der Waals surface area (Å²) in [5.41, 5.74) is 3.70. The number of halogens is 1. The molecule has 4 heteroatoms. The third kappa shape index (κ3) is 7.06. The number of carbonyl (C=O) groups excluding carboxylic acids is 1. The van der Waals surface area contributed by atoms with Crippen LogP contribution in [-0.4, -0.2) is 17.8 Å². The van der Waals surface area contributed by atoms with Crippen LogP contribution in [0.3, 0.4) is 0 Å². The third-order valence-corrected chi connectivity index (χ3v) is 5.34. The summed E-state index contributed by atoms with van der Waals surface area (Å²) in [5, 5.41) is 0.665. The second-order valence-corrected chi connectivity index (χ2v) is 9.43. The van der Waals surface area contributed by atoms with Crippen LogP contribution < -0.4 is 0 Å². The molecule has 3 aromatic carbocycles. The molecule has 0 aliphatic heterocycles. The molecule has 0 aliphatic carbocycles. The van der Waals surface area contributed by atoms with Gasteiger partial charge in [-0.2, -0.15) is 0 Å². The van der Waals surface area contributed by atoms with Crippen molar-refractivity contribution in [1.82, 2.24) is 0 Å². The molecule has 0 spiro atoms. The van der Waals surface area contributed by atoms with Crippen molar-refractivity contribution in [3.05, 3.63) is 106 Å². The summed E-state index contributed by atoms with van der Waals surface area (Å²) in [6.45, 7) is 7.71. The molecule has 0 saturated carbocycles. The quantitative estimate of drug-likeness (QED) is 0.281. The zero-order valence-corrected chi connectivity index (χ0v) is 19.8. The second kappa shape index (κ2) is 10.6. The van der Waals surface area contributed by atoms with Crippen LogP contribution in [0.4, 0.5) is 0 Å². The number of benzene rings is 3. The maximum absolute atomic E-state index is 12.8. The second-order valence-electron chi connectivity index (χ2n) is 8.99. The van der Waals surface area contributed by atoms with Crippen LogP contribution in [0.15, 0.2) is 83.9 Å². The van der Waals surface area contributed by atoms with E-state index < -0.39 is 5.60 Å². The van der Waals surface area contributed by atoms with Crippen molar-refractivity contribution < 1.29 is 9.53 Å². The molecule has 3 rings (SSSR count). The summed E-state index contributed by atoms with van der Waals surface area (Å²) in [5.74, 6) is -0.426. The van der Waals surface area contributed by atoms with E-state index in [1.807, 2.05) is 93.7 Å². The van der Waals surface area contributed by atoms with Gasteiger partial charge in [0.05, 0.1) is 12.5 Å². The largest absolute Gasteiger partial charge is 0.460 e. The Morgan fingerprint density at radius 2 is 1.56 bits per heavy atom. The zero-order valence-electron chi connectivity index (χ0n) is 19.1. The van der Waals surface area contributed by atoms with Crippen LogP contribution in [0.2, 0.25) is 5.02 Å². The molecule has 0 amide bonds. The minimum atomic E-state index is -0.542. The van der Waals surface area contributed by atoms with Gasteiger partial charge in [-0.05, 0) is 56.5 Å². The van der Waals surface area contributed by atoms with E-state index in [1.165, 1.54) is 5.56 Å². The van der Waals surface area contributed by atoms with E-state index in [-0.39, 0.29) is 24.3 Å². The van der Waals surface area contributed by atoms with Crippen LogP contribution in [0.5, 0.6) is 0 Å². The molecule has 0 aromatic heterocycles. The number of carbonyl (C=O) groups is 1. The van der Waals surface area contributed by atoms with Crippen molar-refractivity contribution in [3.63, 3.8) is 0 Å². The van der Waals surface area contributed by atoms with Gasteiger partial charge in [0.25, 0.3) is 0 Å².